The van der Waals surface area contributed by atoms with Gasteiger partial charge in [-0.2, -0.15) is 0 Å². The highest BCUT2D eigenvalue weighted by Crippen LogP contribution is 2.28. The van der Waals surface area contributed by atoms with Gasteiger partial charge in [-0.25, -0.2) is 0 Å². The largest absolute Gasteiger partial charge is 0.463 e. The number of hydrogen-bond donors (Lipinski definition) is 7. The Morgan fingerprint density at radius 2 is 1.54 bits per heavy atom. The summed E-state index contributed by atoms with van der Waals surface area (Å²) in [5.41, 5.74) is 0. The Morgan fingerprint density at radius 1 is 0.885 bits per heavy atom. The molecule has 12 heteroatoms. The summed E-state index contributed by atoms with van der Waals surface area (Å²) in [4.78, 5) is 11.0. The molecule has 2 aliphatic rings. The highest BCUT2D eigenvalue weighted by Gasteiger charge is 2.50. The summed E-state index contributed by atoms with van der Waals surface area (Å²) in [5.74, 6) is -0.671. The van der Waals surface area contributed by atoms with E-state index in [4.69, 9.17) is 18.9 Å². The van der Waals surface area contributed by atoms with Crippen LogP contribution in [-0.4, -0.2) is 116 Å². The van der Waals surface area contributed by atoms with E-state index < -0.39 is 80.6 Å². The monoisotopic (exact) mass is 384 g/mol. The van der Waals surface area contributed by atoms with Gasteiger partial charge >= 0.3 is 5.97 Å². The maximum absolute atomic E-state index is 11.0. The van der Waals surface area contributed by atoms with Crippen LogP contribution in [0.5, 0.6) is 0 Å². The van der Waals surface area contributed by atoms with Crippen LogP contribution in [0.1, 0.15) is 6.92 Å². The molecule has 0 aromatic heterocycles. The van der Waals surface area contributed by atoms with Crippen molar-refractivity contribution >= 4 is 5.97 Å². The highest BCUT2D eigenvalue weighted by molar-refractivity contribution is 5.65. The topological polar surface area (TPSA) is 196 Å². The van der Waals surface area contributed by atoms with Gasteiger partial charge in [-0.05, 0) is 0 Å². The van der Waals surface area contributed by atoms with Crippen LogP contribution in [0.15, 0.2) is 0 Å². The first kappa shape index (κ1) is 21.4. The number of aliphatic hydroxyl groups excluding tert-OH is 7. The van der Waals surface area contributed by atoms with Gasteiger partial charge in [0.25, 0.3) is 0 Å². The number of carbonyl (C=O) groups excluding carboxylic acids is 1. The molecule has 0 saturated carbocycles. The molecule has 0 aromatic rings. The van der Waals surface area contributed by atoms with Crippen LogP contribution in [0, 0.1) is 0 Å². The van der Waals surface area contributed by atoms with E-state index in [0.717, 1.165) is 6.92 Å². The molecule has 10 atom stereocenters. The third-order valence-electron chi connectivity index (χ3n) is 4.25. The zero-order chi connectivity index (χ0) is 19.6. The molecule has 12 nitrogen and oxygen atoms in total. The lowest BCUT2D eigenvalue weighted by molar-refractivity contribution is -0.355. The Kier molecular flexibility index (Phi) is 7.27. The first-order chi connectivity index (χ1) is 12.2. The molecular formula is C14H24O12. The molecule has 2 aliphatic heterocycles. The summed E-state index contributed by atoms with van der Waals surface area (Å²) < 4.78 is 20.4. The number of esters is 1. The van der Waals surface area contributed by atoms with Crippen molar-refractivity contribution in [1.82, 2.24) is 0 Å². The Labute approximate surface area is 148 Å². The fourth-order valence-corrected chi connectivity index (χ4v) is 2.76. The maximum atomic E-state index is 11.0. The number of aliphatic hydroxyl groups is 7. The highest BCUT2D eigenvalue weighted by atomic mass is 16.7. The zero-order valence-corrected chi connectivity index (χ0v) is 13.9. The standard InChI is InChI=1S/C14H24O12/c1-4(16)23-3-6-12(9(19)10(20)13(22)24-6)26-14-11(21)8(18)7(17)5(2-15)25-14/h5-15,17-22H,2-3H2,1H3/t5-,6-,7+,8+,9-,10-,11-,12-,13?,14+/m1/s1. The SMILES string of the molecule is CC(=O)OC[C@H]1OC(O)[C@H](O)[C@@H](O)[C@@H]1O[C@@H]1O[C@H](CO)[C@H](O)[C@H](O)[C@H]1O. The van der Waals surface area contributed by atoms with Gasteiger partial charge in [0.05, 0.1) is 6.61 Å². The molecule has 152 valence electrons. The molecular weight excluding hydrogens is 360 g/mol. The normalized spacial score (nSPS) is 46.8. The van der Waals surface area contributed by atoms with Crippen LogP contribution < -0.4 is 0 Å². The minimum Gasteiger partial charge on any atom is -0.463 e. The van der Waals surface area contributed by atoms with Crippen LogP contribution in [0.25, 0.3) is 0 Å². The summed E-state index contributed by atoms with van der Waals surface area (Å²) >= 11 is 0. The summed E-state index contributed by atoms with van der Waals surface area (Å²) in [5, 5.41) is 68.2. The Balaban J connectivity index is 2.14. The second-order valence-corrected chi connectivity index (χ2v) is 6.15. The number of hydrogen-bond acceptors (Lipinski definition) is 12. The summed E-state index contributed by atoms with van der Waals surface area (Å²) in [7, 11) is 0. The molecule has 2 fully saturated rings. The average molecular weight is 384 g/mol. The lowest BCUT2D eigenvalue weighted by atomic mass is 9.97. The van der Waals surface area contributed by atoms with Crippen LogP contribution in [0.2, 0.25) is 0 Å². The molecule has 2 saturated heterocycles. The zero-order valence-electron chi connectivity index (χ0n) is 13.9. The average Bonchev–Trinajstić information content (AvgIpc) is 2.60. The fourth-order valence-electron chi connectivity index (χ4n) is 2.76. The van der Waals surface area contributed by atoms with E-state index in [-0.39, 0.29) is 0 Å². The second kappa shape index (κ2) is 8.84. The Hall–Kier alpha value is -0.930. The minimum absolute atomic E-state index is 0.446. The van der Waals surface area contributed by atoms with Crippen molar-refractivity contribution in [3.05, 3.63) is 0 Å². The van der Waals surface area contributed by atoms with E-state index in [1.807, 2.05) is 0 Å². The Bertz CT molecular complexity index is 473. The smallest absolute Gasteiger partial charge is 0.302 e. The predicted octanol–water partition coefficient (Wildman–Crippen LogP) is -4.83. The second-order valence-electron chi connectivity index (χ2n) is 6.15. The van der Waals surface area contributed by atoms with Crippen LogP contribution in [0.3, 0.4) is 0 Å². The predicted molar refractivity (Wildman–Crippen MR) is 78.2 cm³/mol. The van der Waals surface area contributed by atoms with Crippen LogP contribution in [-0.2, 0) is 23.7 Å². The molecule has 2 rings (SSSR count). The van der Waals surface area contributed by atoms with Gasteiger partial charge in [0.2, 0.25) is 0 Å². The molecule has 7 N–H and O–H groups in total. The van der Waals surface area contributed by atoms with Gasteiger partial charge in [0.1, 0.15) is 55.4 Å². The first-order valence-electron chi connectivity index (χ1n) is 7.96. The molecule has 0 amide bonds. The van der Waals surface area contributed by atoms with E-state index in [2.05, 4.69) is 0 Å². The molecule has 1 unspecified atom stereocenters. The first-order valence-corrected chi connectivity index (χ1v) is 7.96. The third kappa shape index (κ3) is 4.48. The fraction of sp³-hybridized carbons (Fsp3) is 0.929. The third-order valence-corrected chi connectivity index (χ3v) is 4.25. The van der Waals surface area contributed by atoms with E-state index in [0.29, 0.717) is 0 Å². The van der Waals surface area contributed by atoms with Crippen LogP contribution >= 0.6 is 0 Å². The molecule has 0 bridgehead atoms. The van der Waals surface area contributed by atoms with Crippen molar-refractivity contribution in [1.29, 1.82) is 0 Å². The van der Waals surface area contributed by atoms with Gasteiger partial charge in [0.15, 0.2) is 12.6 Å². The summed E-state index contributed by atoms with van der Waals surface area (Å²) in [6.45, 7) is -0.0109. The molecule has 0 aromatic carbocycles. The number of ether oxygens (including phenoxy) is 4. The molecule has 26 heavy (non-hydrogen) atoms. The van der Waals surface area contributed by atoms with Crippen molar-refractivity contribution in [2.75, 3.05) is 13.2 Å². The van der Waals surface area contributed by atoms with Gasteiger partial charge < -0.3 is 54.7 Å². The minimum atomic E-state index is -1.78. The van der Waals surface area contributed by atoms with Gasteiger partial charge in [0, 0.05) is 6.92 Å². The van der Waals surface area contributed by atoms with E-state index in [1.54, 1.807) is 0 Å². The lowest BCUT2D eigenvalue weighted by Crippen LogP contribution is -2.64. The molecule has 0 aliphatic carbocycles. The maximum Gasteiger partial charge on any atom is 0.302 e. The Morgan fingerprint density at radius 3 is 2.12 bits per heavy atom. The summed E-state index contributed by atoms with van der Waals surface area (Å²) in [6.07, 6.45) is -15.9. The van der Waals surface area contributed by atoms with Crippen molar-refractivity contribution in [3.8, 4) is 0 Å². The van der Waals surface area contributed by atoms with Gasteiger partial charge in [-0.1, -0.05) is 0 Å². The lowest BCUT2D eigenvalue weighted by Gasteiger charge is -2.45. The van der Waals surface area contributed by atoms with Crippen molar-refractivity contribution < 1.29 is 59.5 Å². The molecule has 0 spiro atoms. The van der Waals surface area contributed by atoms with Crippen LogP contribution in [0.4, 0.5) is 0 Å². The molecule has 0 radical (unpaired) electrons. The van der Waals surface area contributed by atoms with Gasteiger partial charge in [-0.3, -0.25) is 4.79 Å². The van der Waals surface area contributed by atoms with Crippen molar-refractivity contribution in [3.63, 3.8) is 0 Å². The van der Waals surface area contributed by atoms with Crippen molar-refractivity contribution in [2.24, 2.45) is 0 Å². The van der Waals surface area contributed by atoms with Gasteiger partial charge in [-0.15, -0.1) is 0 Å². The van der Waals surface area contributed by atoms with E-state index in [9.17, 15) is 40.5 Å². The molecule has 2 heterocycles. The summed E-state index contributed by atoms with van der Waals surface area (Å²) in [6, 6.07) is 0. The van der Waals surface area contributed by atoms with Crippen molar-refractivity contribution in [2.45, 2.75) is 68.3 Å². The number of rotatable bonds is 5. The quantitative estimate of drug-likeness (QED) is 0.224. The van der Waals surface area contributed by atoms with E-state index >= 15 is 0 Å². The number of carbonyl (C=O) groups is 1. The van der Waals surface area contributed by atoms with E-state index in [1.165, 1.54) is 0 Å².